The first-order valence-corrected chi connectivity index (χ1v) is 11.3. The number of nitrogens with zero attached hydrogens (tertiary/aromatic N) is 1. The van der Waals surface area contributed by atoms with Crippen LogP contribution in [0, 0.1) is 5.82 Å². The summed E-state index contributed by atoms with van der Waals surface area (Å²) >= 11 is 0. The van der Waals surface area contributed by atoms with Crippen LogP contribution in [-0.2, 0) is 14.8 Å². The average Bonchev–Trinajstić information content (AvgIpc) is 2.66. The van der Waals surface area contributed by atoms with Crippen molar-refractivity contribution < 1.29 is 22.3 Å². The van der Waals surface area contributed by atoms with Crippen LogP contribution >= 0.6 is 0 Å². The summed E-state index contributed by atoms with van der Waals surface area (Å²) in [5.74, 6) is -0.0522. The molecular formula is C21H27FN2O4S. The van der Waals surface area contributed by atoms with Gasteiger partial charge < -0.3 is 10.1 Å². The van der Waals surface area contributed by atoms with Gasteiger partial charge in [0.25, 0.3) is 0 Å². The van der Waals surface area contributed by atoms with Gasteiger partial charge in [0.15, 0.2) is 0 Å². The van der Waals surface area contributed by atoms with Crippen LogP contribution < -0.4 is 14.4 Å². The van der Waals surface area contributed by atoms with Crippen LogP contribution in [0.25, 0.3) is 0 Å². The van der Waals surface area contributed by atoms with E-state index in [4.69, 9.17) is 4.74 Å². The van der Waals surface area contributed by atoms with Gasteiger partial charge in [-0.1, -0.05) is 24.3 Å². The van der Waals surface area contributed by atoms with E-state index in [2.05, 4.69) is 5.32 Å². The third-order valence-corrected chi connectivity index (χ3v) is 5.53. The largest absolute Gasteiger partial charge is 0.492 e. The lowest BCUT2D eigenvalue weighted by molar-refractivity contribution is -0.121. The van der Waals surface area contributed by atoms with Crippen molar-refractivity contribution in [1.82, 2.24) is 5.32 Å². The number of hydrogen-bond acceptors (Lipinski definition) is 4. The highest BCUT2D eigenvalue weighted by Crippen LogP contribution is 2.30. The van der Waals surface area contributed by atoms with Gasteiger partial charge in [0.05, 0.1) is 24.6 Å². The fourth-order valence-corrected chi connectivity index (χ4v) is 3.91. The molecule has 2 aromatic carbocycles. The second-order valence-electron chi connectivity index (χ2n) is 6.68. The Morgan fingerprint density at radius 1 is 1.17 bits per heavy atom. The van der Waals surface area contributed by atoms with Crippen LogP contribution in [0.15, 0.2) is 48.5 Å². The Morgan fingerprint density at radius 2 is 1.83 bits per heavy atom. The van der Waals surface area contributed by atoms with E-state index in [0.29, 0.717) is 24.5 Å². The number of hydrogen-bond donors (Lipinski definition) is 1. The van der Waals surface area contributed by atoms with Crippen molar-refractivity contribution in [3.05, 3.63) is 59.9 Å². The summed E-state index contributed by atoms with van der Waals surface area (Å²) in [6, 6.07) is 12.6. The number of carbonyl (C=O) groups is 1. The highest BCUT2D eigenvalue weighted by Gasteiger charge is 2.21. The van der Waals surface area contributed by atoms with Crippen molar-refractivity contribution in [2.45, 2.75) is 32.7 Å². The molecule has 0 aliphatic heterocycles. The van der Waals surface area contributed by atoms with Crippen LogP contribution in [0.5, 0.6) is 5.75 Å². The van der Waals surface area contributed by atoms with Crippen molar-refractivity contribution in [2.24, 2.45) is 0 Å². The van der Waals surface area contributed by atoms with Crippen molar-refractivity contribution in [3.8, 4) is 5.75 Å². The van der Waals surface area contributed by atoms with Crippen molar-refractivity contribution in [3.63, 3.8) is 0 Å². The number of benzene rings is 2. The lowest BCUT2D eigenvalue weighted by Crippen LogP contribution is -2.33. The van der Waals surface area contributed by atoms with Gasteiger partial charge in [-0.2, -0.15) is 0 Å². The van der Waals surface area contributed by atoms with Gasteiger partial charge in [-0.05, 0) is 50.1 Å². The summed E-state index contributed by atoms with van der Waals surface area (Å²) in [5.41, 5.74) is 1.25. The minimum absolute atomic E-state index is 0.154. The lowest BCUT2D eigenvalue weighted by atomic mass is 10.1. The fraction of sp³-hybridized carbons (Fsp3) is 0.381. The van der Waals surface area contributed by atoms with E-state index in [-0.39, 0.29) is 30.7 Å². The van der Waals surface area contributed by atoms with Gasteiger partial charge in [0.1, 0.15) is 11.6 Å². The van der Waals surface area contributed by atoms with Gasteiger partial charge in [0.2, 0.25) is 15.9 Å². The highest BCUT2D eigenvalue weighted by molar-refractivity contribution is 7.92. The molecule has 0 heterocycles. The fourth-order valence-electron chi connectivity index (χ4n) is 2.94. The number of ether oxygens (including phenoxy) is 1. The molecular weight excluding hydrogens is 395 g/mol. The average molecular weight is 423 g/mol. The molecule has 0 saturated carbocycles. The number of rotatable bonds is 10. The van der Waals surface area contributed by atoms with Gasteiger partial charge >= 0.3 is 0 Å². The molecule has 29 heavy (non-hydrogen) atoms. The minimum atomic E-state index is -3.54. The molecule has 0 fully saturated rings. The number of halogens is 1. The van der Waals surface area contributed by atoms with Gasteiger partial charge in [0, 0.05) is 13.0 Å². The maximum Gasteiger partial charge on any atom is 0.232 e. The number of carbonyl (C=O) groups excluding carboxylic acids is 1. The maximum absolute atomic E-state index is 13.0. The molecule has 158 valence electrons. The van der Waals surface area contributed by atoms with Crippen molar-refractivity contribution in [1.29, 1.82) is 0 Å². The molecule has 2 aromatic rings. The number of sulfonamides is 1. The molecule has 1 amide bonds. The molecule has 0 aliphatic carbocycles. The Balaban J connectivity index is 1.98. The SMILES string of the molecule is CCOc1ccccc1N(CCCC(=O)N[C@H](C)c1ccc(F)cc1)S(C)(=O)=O. The molecule has 0 spiro atoms. The van der Waals surface area contributed by atoms with Gasteiger partial charge in [-0.15, -0.1) is 0 Å². The molecule has 0 radical (unpaired) electrons. The Labute approximate surface area is 171 Å². The van der Waals surface area contributed by atoms with E-state index >= 15 is 0 Å². The Kier molecular flexibility index (Phi) is 8.01. The van der Waals surface area contributed by atoms with Gasteiger partial charge in [-0.3, -0.25) is 9.10 Å². The first kappa shape index (κ1) is 22.7. The Hall–Kier alpha value is -2.61. The summed E-state index contributed by atoms with van der Waals surface area (Å²) in [4.78, 5) is 12.3. The molecule has 0 saturated heterocycles. The highest BCUT2D eigenvalue weighted by atomic mass is 32.2. The zero-order chi connectivity index (χ0) is 21.4. The lowest BCUT2D eigenvalue weighted by Gasteiger charge is -2.24. The van der Waals surface area contributed by atoms with Crippen LogP contribution in [0.1, 0.15) is 38.3 Å². The van der Waals surface area contributed by atoms with Crippen LogP contribution in [0.2, 0.25) is 0 Å². The monoisotopic (exact) mass is 422 g/mol. The predicted octanol–water partition coefficient (Wildman–Crippen LogP) is 3.65. The molecule has 0 aromatic heterocycles. The minimum Gasteiger partial charge on any atom is -0.492 e. The Bertz CT molecular complexity index is 917. The smallest absolute Gasteiger partial charge is 0.232 e. The predicted molar refractivity (Wildman–Crippen MR) is 112 cm³/mol. The summed E-state index contributed by atoms with van der Waals surface area (Å²) in [6.45, 7) is 4.21. The molecule has 0 bridgehead atoms. The molecule has 1 atom stereocenters. The third kappa shape index (κ3) is 6.74. The molecule has 0 unspecified atom stereocenters. The van der Waals surface area contributed by atoms with Crippen molar-refractivity contribution >= 4 is 21.6 Å². The second kappa shape index (κ2) is 10.2. The van der Waals surface area contributed by atoms with Crippen molar-refractivity contribution in [2.75, 3.05) is 23.7 Å². The van der Waals surface area contributed by atoms with E-state index in [1.807, 2.05) is 13.8 Å². The maximum atomic E-state index is 13.0. The first-order chi connectivity index (χ1) is 13.7. The molecule has 6 nitrogen and oxygen atoms in total. The Morgan fingerprint density at radius 3 is 2.45 bits per heavy atom. The van der Waals surface area contributed by atoms with E-state index in [1.165, 1.54) is 16.4 Å². The number of anilines is 1. The quantitative estimate of drug-likeness (QED) is 0.634. The first-order valence-electron chi connectivity index (χ1n) is 9.46. The van der Waals surface area contributed by atoms with E-state index < -0.39 is 10.0 Å². The number of nitrogens with one attached hydrogen (secondary N) is 1. The zero-order valence-corrected chi connectivity index (χ0v) is 17.7. The molecule has 0 aliphatic rings. The summed E-state index contributed by atoms with van der Waals surface area (Å²) in [6.07, 6.45) is 1.64. The molecule has 2 rings (SSSR count). The van der Waals surface area contributed by atoms with E-state index in [0.717, 1.165) is 11.8 Å². The van der Waals surface area contributed by atoms with E-state index in [1.54, 1.807) is 36.4 Å². The summed E-state index contributed by atoms with van der Waals surface area (Å²) < 4.78 is 44.4. The standard InChI is InChI=1S/C21H27FN2O4S/c1-4-28-20-9-6-5-8-19(20)24(29(3,26)27)15-7-10-21(25)23-16(2)17-11-13-18(22)14-12-17/h5-6,8-9,11-14,16H,4,7,10,15H2,1-3H3,(H,23,25)/t16-/m1/s1. The van der Waals surface area contributed by atoms with E-state index in [9.17, 15) is 17.6 Å². The van der Waals surface area contributed by atoms with Gasteiger partial charge in [-0.25, -0.2) is 12.8 Å². The zero-order valence-electron chi connectivity index (χ0n) is 16.9. The third-order valence-electron chi connectivity index (χ3n) is 4.35. The summed E-state index contributed by atoms with van der Waals surface area (Å²) in [7, 11) is -3.54. The summed E-state index contributed by atoms with van der Waals surface area (Å²) in [5, 5.41) is 2.85. The normalized spacial score (nSPS) is 12.3. The molecule has 8 heteroatoms. The van der Waals surface area contributed by atoms with Crippen LogP contribution in [-0.4, -0.2) is 33.7 Å². The molecule has 1 N–H and O–H groups in total. The van der Waals surface area contributed by atoms with Crippen LogP contribution in [0.4, 0.5) is 10.1 Å². The number of para-hydroxylation sites is 2. The second-order valence-corrected chi connectivity index (χ2v) is 8.59. The van der Waals surface area contributed by atoms with Crippen LogP contribution in [0.3, 0.4) is 0 Å². The topological polar surface area (TPSA) is 75.7 Å². The number of amides is 1.